The Kier molecular flexibility index (Phi) is 4.31. The molecule has 0 heterocycles. The highest BCUT2D eigenvalue weighted by Gasteiger charge is 2.32. The predicted molar refractivity (Wildman–Crippen MR) is 66.2 cm³/mol. The van der Waals surface area contributed by atoms with Gasteiger partial charge >= 0.3 is 6.61 Å². The molecule has 1 aliphatic carbocycles. The van der Waals surface area contributed by atoms with Gasteiger partial charge in [-0.15, -0.1) is 0 Å². The van der Waals surface area contributed by atoms with Crippen molar-refractivity contribution in [2.75, 3.05) is 13.1 Å². The lowest BCUT2D eigenvalue weighted by Crippen LogP contribution is -2.37. The second-order valence-corrected chi connectivity index (χ2v) is 4.42. The van der Waals surface area contributed by atoms with Crippen LogP contribution in [0.15, 0.2) is 24.3 Å². The van der Waals surface area contributed by atoms with Crippen molar-refractivity contribution in [2.24, 2.45) is 5.73 Å². The number of alkyl halides is 2. The lowest BCUT2D eigenvalue weighted by Gasteiger charge is -2.21. The number of nitrogens with two attached hydrogens (primary N) is 1. The molecule has 1 saturated carbocycles. The SMILES string of the molecule is NCCN(C(=O)c1ccc(OC(F)F)cc1)C1CC1. The third-order valence-corrected chi connectivity index (χ3v) is 2.94. The summed E-state index contributed by atoms with van der Waals surface area (Å²) >= 11 is 0. The van der Waals surface area contributed by atoms with E-state index >= 15 is 0 Å². The van der Waals surface area contributed by atoms with E-state index in [1.165, 1.54) is 24.3 Å². The molecule has 0 spiro atoms. The fourth-order valence-corrected chi connectivity index (χ4v) is 1.92. The van der Waals surface area contributed by atoms with Crippen LogP contribution in [-0.2, 0) is 0 Å². The number of benzene rings is 1. The Labute approximate surface area is 110 Å². The Morgan fingerprint density at radius 3 is 2.47 bits per heavy atom. The van der Waals surface area contributed by atoms with Crippen molar-refractivity contribution in [3.05, 3.63) is 29.8 Å². The first-order valence-electron chi connectivity index (χ1n) is 6.17. The molecule has 0 aliphatic heterocycles. The summed E-state index contributed by atoms with van der Waals surface area (Å²) in [4.78, 5) is 14.0. The topological polar surface area (TPSA) is 55.6 Å². The number of amides is 1. The molecule has 1 amide bonds. The summed E-state index contributed by atoms with van der Waals surface area (Å²) in [5.74, 6) is -0.0695. The molecule has 0 bridgehead atoms. The highest BCUT2D eigenvalue weighted by Crippen LogP contribution is 2.28. The summed E-state index contributed by atoms with van der Waals surface area (Å²) < 4.78 is 28.3. The largest absolute Gasteiger partial charge is 0.435 e. The number of hydrogen-bond acceptors (Lipinski definition) is 3. The fraction of sp³-hybridized carbons (Fsp3) is 0.462. The van der Waals surface area contributed by atoms with Gasteiger partial charge in [0.2, 0.25) is 0 Å². The monoisotopic (exact) mass is 270 g/mol. The van der Waals surface area contributed by atoms with Crippen molar-refractivity contribution in [3.8, 4) is 5.75 Å². The van der Waals surface area contributed by atoms with Crippen LogP contribution in [0.1, 0.15) is 23.2 Å². The second kappa shape index (κ2) is 5.97. The number of nitrogens with zero attached hydrogens (tertiary/aromatic N) is 1. The second-order valence-electron chi connectivity index (χ2n) is 4.42. The van der Waals surface area contributed by atoms with Crippen LogP contribution in [0.3, 0.4) is 0 Å². The Morgan fingerprint density at radius 1 is 1.37 bits per heavy atom. The molecule has 2 N–H and O–H groups in total. The molecule has 104 valence electrons. The summed E-state index contributed by atoms with van der Waals surface area (Å²) in [5.41, 5.74) is 5.95. The Bertz CT molecular complexity index is 433. The summed E-state index contributed by atoms with van der Waals surface area (Å²) in [6.07, 6.45) is 2.00. The summed E-state index contributed by atoms with van der Waals surface area (Å²) in [5, 5.41) is 0. The minimum absolute atomic E-state index is 0.0448. The van der Waals surface area contributed by atoms with Gasteiger partial charge in [0.1, 0.15) is 5.75 Å². The normalized spacial score (nSPS) is 14.5. The third kappa shape index (κ3) is 3.64. The van der Waals surface area contributed by atoms with Crippen molar-refractivity contribution in [2.45, 2.75) is 25.5 Å². The number of carbonyl (C=O) groups is 1. The standard InChI is InChI=1S/C13H16F2N2O2/c14-13(15)19-11-5-1-9(2-6-11)12(18)17(8-7-16)10-3-4-10/h1-2,5-6,10,13H,3-4,7-8,16H2. The van der Waals surface area contributed by atoms with Crippen molar-refractivity contribution in [1.29, 1.82) is 0 Å². The van der Waals surface area contributed by atoms with Gasteiger partial charge in [-0.1, -0.05) is 0 Å². The van der Waals surface area contributed by atoms with Crippen molar-refractivity contribution < 1.29 is 18.3 Å². The minimum Gasteiger partial charge on any atom is -0.435 e. The number of hydrogen-bond donors (Lipinski definition) is 1. The van der Waals surface area contributed by atoms with Crippen LogP contribution in [0.4, 0.5) is 8.78 Å². The summed E-state index contributed by atoms with van der Waals surface area (Å²) in [7, 11) is 0. The van der Waals surface area contributed by atoms with Gasteiger partial charge < -0.3 is 15.4 Å². The molecule has 0 saturated heterocycles. The molecule has 0 unspecified atom stereocenters. The average Bonchev–Trinajstić information content (AvgIpc) is 3.19. The summed E-state index contributed by atoms with van der Waals surface area (Å²) in [6, 6.07) is 5.99. The van der Waals surface area contributed by atoms with Gasteiger partial charge in [0.05, 0.1) is 0 Å². The van der Waals surface area contributed by atoms with E-state index in [4.69, 9.17) is 5.73 Å². The van der Waals surface area contributed by atoms with E-state index in [1.807, 2.05) is 0 Å². The molecule has 1 aromatic rings. The first kappa shape index (κ1) is 13.7. The number of halogens is 2. The zero-order chi connectivity index (χ0) is 13.8. The zero-order valence-corrected chi connectivity index (χ0v) is 10.4. The molecule has 2 rings (SSSR count). The molecule has 4 nitrogen and oxygen atoms in total. The quantitative estimate of drug-likeness (QED) is 0.858. The molecule has 0 atom stereocenters. The molecule has 1 aromatic carbocycles. The maximum Gasteiger partial charge on any atom is 0.387 e. The highest BCUT2D eigenvalue weighted by atomic mass is 19.3. The van der Waals surface area contributed by atoms with Gasteiger partial charge in [-0.3, -0.25) is 4.79 Å². The first-order chi connectivity index (χ1) is 9.11. The molecule has 0 radical (unpaired) electrons. The molecule has 1 aliphatic rings. The van der Waals surface area contributed by atoms with Crippen molar-refractivity contribution in [3.63, 3.8) is 0 Å². The highest BCUT2D eigenvalue weighted by molar-refractivity contribution is 5.94. The van der Waals surface area contributed by atoms with Crippen molar-refractivity contribution in [1.82, 2.24) is 4.90 Å². The van der Waals surface area contributed by atoms with E-state index in [9.17, 15) is 13.6 Å². The van der Waals surface area contributed by atoms with Gasteiger partial charge in [-0.05, 0) is 37.1 Å². The van der Waals surface area contributed by atoms with Crippen LogP contribution in [0.25, 0.3) is 0 Å². The summed E-state index contributed by atoms with van der Waals surface area (Å²) in [6.45, 7) is -1.94. The van der Waals surface area contributed by atoms with Crippen LogP contribution in [0, 0.1) is 0 Å². The van der Waals surface area contributed by atoms with E-state index in [2.05, 4.69) is 4.74 Å². The maximum absolute atomic E-state index is 12.2. The van der Waals surface area contributed by atoms with E-state index in [0.717, 1.165) is 12.8 Å². The Morgan fingerprint density at radius 2 is 2.00 bits per heavy atom. The fourth-order valence-electron chi connectivity index (χ4n) is 1.92. The van der Waals surface area contributed by atoms with Crippen LogP contribution < -0.4 is 10.5 Å². The van der Waals surface area contributed by atoms with E-state index in [1.54, 1.807) is 4.90 Å². The first-order valence-corrected chi connectivity index (χ1v) is 6.17. The van der Waals surface area contributed by atoms with Crippen LogP contribution in [0.2, 0.25) is 0 Å². The van der Waals surface area contributed by atoms with E-state index in [-0.39, 0.29) is 17.7 Å². The lowest BCUT2D eigenvalue weighted by atomic mass is 10.2. The maximum atomic E-state index is 12.2. The lowest BCUT2D eigenvalue weighted by molar-refractivity contribution is -0.0498. The van der Waals surface area contributed by atoms with Crippen LogP contribution in [0.5, 0.6) is 5.75 Å². The molecule has 0 aromatic heterocycles. The third-order valence-electron chi connectivity index (χ3n) is 2.94. The molecular formula is C13H16F2N2O2. The number of rotatable bonds is 6. The number of ether oxygens (including phenoxy) is 1. The molecule has 6 heteroatoms. The van der Waals surface area contributed by atoms with Gasteiger partial charge in [-0.25, -0.2) is 0 Å². The Balaban J connectivity index is 2.05. The van der Waals surface area contributed by atoms with Crippen LogP contribution in [-0.4, -0.2) is 36.5 Å². The van der Waals surface area contributed by atoms with Gasteiger partial charge in [0.25, 0.3) is 5.91 Å². The average molecular weight is 270 g/mol. The molecular weight excluding hydrogens is 254 g/mol. The van der Waals surface area contributed by atoms with Crippen molar-refractivity contribution >= 4 is 5.91 Å². The molecule has 19 heavy (non-hydrogen) atoms. The molecule has 1 fully saturated rings. The van der Waals surface area contributed by atoms with E-state index < -0.39 is 6.61 Å². The smallest absolute Gasteiger partial charge is 0.387 e. The predicted octanol–water partition coefficient (Wildman–Crippen LogP) is 1.85. The van der Waals surface area contributed by atoms with Gasteiger partial charge in [-0.2, -0.15) is 8.78 Å². The van der Waals surface area contributed by atoms with Crippen LogP contribution >= 0.6 is 0 Å². The van der Waals surface area contributed by atoms with Gasteiger partial charge in [0.15, 0.2) is 0 Å². The minimum atomic E-state index is -2.86. The van der Waals surface area contributed by atoms with Gasteiger partial charge in [0, 0.05) is 24.7 Å². The number of carbonyl (C=O) groups excluding carboxylic acids is 1. The van der Waals surface area contributed by atoms with E-state index in [0.29, 0.717) is 18.7 Å². The zero-order valence-electron chi connectivity index (χ0n) is 10.4. The Hall–Kier alpha value is -1.69.